The average molecular weight is 550 g/mol. The lowest BCUT2D eigenvalue weighted by molar-refractivity contribution is -0.136. The van der Waals surface area contributed by atoms with Gasteiger partial charge in [0.05, 0.1) is 18.7 Å². The second kappa shape index (κ2) is 8.27. The van der Waals surface area contributed by atoms with Crippen molar-refractivity contribution in [2.45, 2.75) is 18.6 Å². The van der Waals surface area contributed by atoms with E-state index in [9.17, 15) is 14.7 Å². The fourth-order valence-electron chi connectivity index (χ4n) is 3.62. The van der Waals surface area contributed by atoms with Crippen LogP contribution in [0.3, 0.4) is 0 Å². The summed E-state index contributed by atoms with van der Waals surface area (Å²) in [6, 6.07) is 19.4. The Kier molecular flexibility index (Phi) is 5.86. The van der Waals surface area contributed by atoms with Gasteiger partial charge < -0.3 is 10.0 Å². The van der Waals surface area contributed by atoms with Crippen LogP contribution in [-0.4, -0.2) is 16.8 Å². The molecule has 0 saturated heterocycles. The molecule has 4 rings (SSSR count). The molecule has 0 aliphatic carbocycles. The molecule has 1 heterocycles. The van der Waals surface area contributed by atoms with Crippen molar-refractivity contribution in [2.24, 2.45) is 0 Å². The molecule has 7 heteroatoms. The monoisotopic (exact) mass is 547 g/mol. The molecule has 3 aromatic rings. The number of Topliss-reactive ketones (excluding diaryl/α,β-unsaturated/α-hetero) is 1. The van der Waals surface area contributed by atoms with Crippen LogP contribution >= 0.6 is 43.5 Å². The first-order valence-electron chi connectivity index (χ1n) is 9.15. The van der Waals surface area contributed by atoms with Gasteiger partial charge in [0.25, 0.3) is 5.91 Å². The molecule has 1 aliphatic heterocycles. The Morgan fingerprint density at radius 3 is 2.40 bits per heavy atom. The molecule has 0 saturated carbocycles. The van der Waals surface area contributed by atoms with Crippen LogP contribution in [0, 0.1) is 0 Å². The van der Waals surface area contributed by atoms with E-state index in [1.165, 1.54) is 4.90 Å². The van der Waals surface area contributed by atoms with Gasteiger partial charge in [-0.05, 0) is 48.0 Å². The third-order valence-electron chi connectivity index (χ3n) is 5.11. The summed E-state index contributed by atoms with van der Waals surface area (Å²) in [6.45, 7) is 0.262. The molecule has 1 N–H and O–H groups in total. The summed E-state index contributed by atoms with van der Waals surface area (Å²) in [5.41, 5.74) is 0.356. The van der Waals surface area contributed by atoms with E-state index in [-0.39, 0.29) is 18.7 Å². The van der Waals surface area contributed by atoms with Crippen LogP contribution in [0.15, 0.2) is 75.7 Å². The molecule has 1 atom stereocenters. The minimum Gasteiger partial charge on any atom is -0.375 e. The lowest BCUT2D eigenvalue weighted by Gasteiger charge is -2.23. The van der Waals surface area contributed by atoms with E-state index < -0.39 is 11.5 Å². The molecule has 30 heavy (non-hydrogen) atoms. The number of ketones is 1. The van der Waals surface area contributed by atoms with Crippen molar-refractivity contribution in [1.29, 1.82) is 0 Å². The summed E-state index contributed by atoms with van der Waals surface area (Å²) in [7, 11) is 0. The van der Waals surface area contributed by atoms with E-state index in [2.05, 4.69) is 31.9 Å². The highest BCUT2D eigenvalue weighted by atomic mass is 79.9. The number of nitrogens with zero attached hydrogens (tertiary/aromatic N) is 1. The third-order valence-corrected chi connectivity index (χ3v) is 6.35. The summed E-state index contributed by atoms with van der Waals surface area (Å²) in [5.74, 6) is -0.833. The summed E-state index contributed by atoms with van der Waals surface area (Å²) in [6.07, 6.45) is -0.344. The SMILES string of the molecule is O=C(CC1(O)C(=O)N(Cc2ccc(Cl)cc2)c2ccc(Br)cc21)c1cccc(Br)c1. The highest BCUT2D eigenvalue weighted by Gasteiger charge is 2.51. The minimum absolute atomic E-state index is 0.262. The third kappa shape index (κ3) is 3.97. The quantitative estimate of drug-likeness (QED) is 0.405. The van der Waals surface area contributed by atoms with Crippen molar-refractivity contribution in [2.75, 3.05) is 4.90 Å². The van der Waals surface area contributed by atoms with Gasteiger partial charge in [0.2, 0.25) is 0 Å². The standard InChI is InChI=1S/C23H16Br2ClNO3/c24-16-3-1-2-15(10-16)21(28)12-23(30)19-11-17(25)6-9-20(19)27(22(23)29)13-14-4-7-18(26)8-5-14/h1-11,30H,12-13H2. The van der Waals surface area contributed by atoms with Crippen LogP contribution in [0.4, 0.5) is 5.69 Å². The molecule has 3 aromatic carbocycles. The number of anilines is 1. The maximum Gasteiger partial charge on any atom is 0.264 e. The lowest BCUT2D eigenvalue weighted by atomic mass is 9.88. The molecule has 0 spiro atoms. The number of rotatable bonds is 5. The van der Waals surface area contributed by atoms with Crippen LogP contribution in [0.2, 0.25) is 5.02 Å². The van der Waals surface area contributed by atoms with E-state index in [4.69, 9.17) is 11.6 Å². The largest absolute Gasteiger partial charge is 0.375 e. The normalized spacial score (nSPS) is 17.9. The molecule has 1 aliphatic rings. The van der Waals surface area contributed by atoms with E-state index in [1.807, 2.05) is 24.3 Å². The Balaban J connectivity index is 1.71. The zero-order chi connectivity index (χ0) is 21.5. The first-order chi connectivity index (χ1) is 14.3. The Bertz CT molecular complexity index is 1150. The van der Waals surface area contributed by atoms with Crippen LogP contribution in [0.25, 0.3) is 0 Å². The van der Waals surface area contributed by atoms with Gasteiger partial charge in [-0.25, -0.2) is 0 Å². The molecule has 152 valence electrons. The average Bonchev–Trinajstić information content (AvgIpc) is 2.91. The molecule has 0 fully saturated rings. The maximum atomic E-state index is 13.4. The van der Waals surface area contributed by atoms with E-state index in [1.54, 1.807) is 42.5 Å². The number of amides is 1. The van der Waals surface area contributed by atoms with Crippen molar-refractivity contribution in [3.05, 3.63) is 97.4 Å². The first kappa shape index (κ1) is 21.2. The van der Waals surface area contributed by atoms with Gasteiger partial charge in [-0.3, -0.25) is 9.59 Å². The summed E-state index contributed by atoms with van der Waals surface area (Å²) >= 11 is 12.7. The second-order valence-electron chi connectivity index (χ2n) is 7.15. The number of halogens is 3. The number of hydrogen-bond donors (Lipinski definition) is 1. The highest BCUT2D eigenvalue weighted by Crippen LogP contribution is 2.44. The minimum atomic E-state index is -1.94. The Morgan fingerprint density at radius 1 is 1.00 bits per heavy atom. The predicted molar refractivity (Wildman–Crippen MR) is 124 cm³/mol. The predicted octanol–water partition coefficient (Wildman–Crippen LogP) is 5.87. The molecular weight excluding hydrogens is 534 g/mol. The van der Waals surface area contributed by atoms with Crippen LogP contribution < -0.4 is 4.90 Å². The zero-order valence-corrected chi connectivity index (χ0v) is 19.5. The van der Waals surface area contributed by atoms with Gasteiger partial charge in [-0.1, -0.05) is 67.7 Å². The van der Waals surface area contributed by atoms with E-state index in [0.29, 0.717) is 21.8 Å². The number of carbonyl (C=O) groups is 2. The molecule has 0 bridgehead atoms. The Hall–Kier alpha value is -1.99. The molecule has 4 nitrogen and oxygen atoms in total. The summed E-state index contributed by atoms with van der Waals surface area (Å²) < 4.78 is 1.47. The van der Waals surface area contributed by atoms with Crippen molar-refractivity contribution in [1.82, 2.24) is 0 Å². The van der Waals surface area contributed by atoms with Crippen molar-refractivity contribution < 1.29 is 14.7 Å². The fraction of sp³-hybridized carbons (Fsp3) is 0.130. The molecule has 0 aromatic heterocycles. The molecular formula is C23H16Br2ClNO3. The van der Waals surface area contributed by atoms with Gasteiger partial charge in [-0.2, -0.15) is 0 Å². The lowest BCUT2D eigenvalue weighted by Crippen LogP contribution is -2.41. The first-order valence-corrected chi connectivity index (χ1v) is 11.1. The Labute approximate surface area is 195 Å². The Morgan fingerprint density at radius 2 is 1.70 bits per heavy atom. The van der Waals surface area contributed by atoms with E-state index in [0.717, 1.165) is 14.5 Å². The fourth-order valence-corrected chi connectivity index (χ4v) is 4.51. The summed E-state index contributed by atoms with van der Waals surface area (Å²) in [4.78, 5) is 27.8. The number of benzene rings is 3. The number of fused-ring (bicyclic) bond motifs is 1. The highest BCUT2D eigenvalue weighted by molar-refractivity contribution is 9.10. The van der Waals surface area contributed by atoms with Crippen molar-refractivity contribution in [3.63, 3.8) is 0 Å². The number of hydrogen-bond acceptors (Lipinski definition) is 3. The molecule has 1 unspecified atom stereocenters. The molecule has 0 radical (unpaired) electrons. The molecule has 1 amide bonds. The van der Waals surface area contributed by atoms with Gasteiger partial charge in [-0.15, -0.1) is 0 Å². The summed E-state index contributed by atoms with van der Waals surface area (Å²) in [5, 5.41) is 12.1. The van der Waals surface area contributed by atoms with Crippen LogP contribution in [0.5, 0.6) is 0 Å². The second-order valence-corrected chi connectivity index (χ2v) is 9.42. The number of carbonyl (C=O) groups excluding carboxylic acids is 2. The van der Waals surface area contributed by atoms with Crippen molar-refractivity contribution >= 4 is 60.8 Å². The number of aliphatic hydroxyl groups is 1. The maximum absolute atomic E-state index is 13.4. The smallest absolute Gasteiger partial charge is 0.264 e. The zero-order valence-electron chi connectivity index (χ0n) is 15.6. The van der Waals surface area contributed by atoms with Crippen LogP contribution in [-0.2, 0) is 16.9 Å². The van der Waals surface area contributed by atoms with Gasteiger partial charge in [0.15, 0.2) is 11.4 Å². The van der Waals surface area contributed by atoms with Gasteiger partial charge >= 0.3 is 0 Å². The van der Waals surface area contributed by atoms with Gasteiger partial charge in [0.1, 0.15) is 0 Å². The van der Waals surface area contributed by atoms with Crippen molar-refractivity contribution in [3.8, 4) is 0 Å². The van der Waals surface area contributed by atoms with Gasteiger partial charge in [0, 0.05) is 25.1 Å². The topological polar surface area (TPSA) is 57.6 Å². The van der Waals surface area contributed by atoms with E-state index >= 15 is 0 Å². The van der Waals surface area contributed by atoms with Crippen LogP contribution in [0.1, 0.15) is 27.9 Å².